The maximum atomic E-state index is 4.90. The molecule has 0 radical (unpaired) electrons. The van der Waals surface area contributed by atoms with Crippen LogP contribution in [0, 0.1) is 6.92 Å². The summed E-state index contributed by atoms with van der Waals surface area (Å²) in [6.07, 6.45) is 5.27. The lowest BCUT2D eigenvalue weighted by Gasteiger charge is -2.37. The van der Waals surface area contributed by atoms with Crippen molar-refractivity contribution in [3.8, 4) is 0 Å². The van der Waals surface area contributed by atoms with Crippen molar-refractivity contribution in [2.24, 2.45) is 0 Å². The van der Waals surface area contributed by atoms with Crippen LogP contribution in [-0.4, -0.2) is 67.2 Å². The number of nitrogens with zero attached hydrogens (tertiary/aromatic N) is 7. The summed E-state index contributed by atoms with van der Waals surface area (Å²) < 4.78 is 1.94. The van der Waals surface area contributed by atoms with Gasteiger partial charge in [-0.25, -0.2) is 4.68 Å². The molecule has 3 heterocycles. The number of hydrogen-bond donors (Lipinski definition) is 0. The van der Waals surface area contributed by atoms with Gasteiger partial charge in [0.25, 0.3) is 0 Å². The standard InChI is InChI=1S/C24H31N7/c1-19-8-5-13-22(25-19)23(30-15-7-14-29(16-17-30)21-11-6-12-21)24-26-27-28-31(24)18-20-9-3-2-4-10-20/h2-5,8-10,13,21,23H,6-7,11-12,14-18H2,1H3. The highest BCUT2D eigenvalue weighted by atomic mass is 15.6. The van der Waals surface area contributed by atoms with E-state index in [1.807, 2.05) is 23.7 Å². The van der Waals surface area contributed by atoms with Crippen molar-refractivity contribution in [2.75, 3.05) is 26.2 Å². The Morgan fingerprint density at radius 1 is 0.935 bits per heavy atom. The Morgan fingerprint density at radius 2 is 1.81 bits per heavy atom. The molecule has 2 aliphatic rings. The van der Waals surface area contributed by atoms with E-state index in [1.165, 1.54) is 37.8 Å². The zero-order valence-corrected chi connectivity index (χ0v) is 18.3. The van der Waals surface area contributed by atoms with Gasteiger partial charge in [-0.05, 0) is 60.9 Å². The van der Waals surface area contributed by atoms with Crippen molar-refractivity contribution >= 4 is 0 Å². The minimum Gasteiger partial charge on any atom is -0.299 e. The lowest BCUT2D eigenvalue weighted by molar-refractivity contribution is 0.127. The molecule has 0 N–H and O–H groups in total. The number of aryl methyl sites for hydroxylation is 1. The van der Waals surface area contributed by atoms with Gasteiger partial charge >= 0.3 is 0 Å². The zero-order chi connectivity index (χ0) is 21.0. The SMILES string of the molecule is Cc1cccc(C(c2nnnn2Cc2ccccc2)N2CCCN(C3CCC3)CC2)n1. The van der Waals surface area contributed by atoms with E-state index in [0.717, 1.165) is 42.9 Å². The van der Waals surface area contributed by atoms with Gasteiger partial charge in [-0.1, -0.05) is 42.8 Å². The molecule has 1 saturated carbocycles. The average molecular weight is 418 g/mol. The van der Waals surface area contributed by atoms with E-state index in [0.29, 0.717) is 6.54 Å². The number of tetrazole rings is 1. The van der Waals surface area contributed by atoms with Gasteiger partial charge in [0.05, 0.1) is 12.2 Å². The van der Waals surface area contributed by atoms with Crippen LogP contribution in [0.5, 0.6) is 0 Å². The first-order valence-corrected chi connectivity index (χ1v) is 11.5. The van der Waals surface area contributed by atoms with E-state index < -0.39 is 0 Å². The van der Waals surface area contributed by atoms with Crippen molar-refractivity contribution < 1.29 is 0 Å². The largest absolute Gasteiger partial charge is 0.299 e. The molecule has 7 nitrogen and oxygen atoms in total. The molecule has 3 aromatic rings. The van der Waals surface area contributed by atoms with Crippen molar-refractivity contribution in [2.45, 2.75) is 51.2 Å². The third-order valence-electron chi connectivity index (χ3n) is 6.69. The molecule has 1 unspecified atom stereocenters. The van der Waals surface area contributed by atoms with Gasteiger partial charge in [0.15, 0.2) is 5.82 Å². The fourth-order valence-electron chi connectivity index (χ4n) is 4.81. The highest BCUT2D eigenvalue weighted by Gasteiger charge is 2.33. The van der Waals surface area contributed by atoms with Gasteiger partial charge in [-0.2, -0.15) is 0 Å². The molecule has 162 valence electrons. The van der Waals surface area contributed by atoms with E-state index in [1.54, 1.807) is 0 Å². The summed E-state index contributed by atoms with van der Waals surface area (Å²) >= 11 is 0. The number of rotatable bonds is 6. The van der Waals surface area contributed by atoms with Gasteiger partial charge < -0.3 is 0 Å². The molecular weight excluding hydrogens is 386 g/mol. The van der Waals surface area contributed by atoms with Crippen LogP contribution in [-0.2, 0) is 6.54 Å². The van der Waals surface area contributed by atoms with Crippen LogP contribution in [0.15, 0.2) is 48.5 Å². The summed E-state index contributed by atoms with van der Waals surface area (Å²) in [6.45, 7) is 7.04. The molecule has 1 aliphatic heterocycles. The number of aromatic nitrogens is 5. The molecule has 1 saturated heterocycles. The molecule has 1 aromatic carbocycles. The summed E-state index contributed by atoms with van der Waals surface area (Å²) in [6, 6.07) is 17.4. The highest BCUT2D eigenvalue weighted by molar-refractivity contribution is 5.21. The number of hydrogen-bond acceptors (Lipinski definition) is 6. The van der Waals surface area contributed by atoms with Gasteiger partial charge in [0.2, 0.25) is 0 Å². The molecule has 1 aliphatic carbocycles. The van der Waals surface area contributed by atoms with E-state index in [4.69, 9.17) is 4.98 Å². The van der Waals surface area contributed by atoms with Crippen LogP contribution in [0.25, 0.3) is 0 Å². The van der Waals surface area contributed by atoms with Gasteiger partial charge in [-0.15, -0.1) is 5.10 Å². The Morgan fingerprint density at radius 3 is 2.58 bits per heavy atom. The molecule has 5 rings (SSSR count). The first-order chi connectivity index (χ1) is 15.3. The molecule has 2 fully saturated rings. The van der Waals surface area contributed by atoms with Crippen molar-refractivity contribution in [1.29, 1.82) is 0 Å². The van der Waals surface area contributed by atoms with Crippen molar-refractivity contribution in [1.82, 2.24) is 35.0 Å². The van der Waals surface area contributed by atoms with E-state index in [9.17, 15) is 0 Å². The summed E-state index contributed by atoms with van der Waals surface area (Å²) in [5.74, 6) is 0.874. The molecule has 2 aromatic heterocycles. The average Bonchev–Trinajstić information content (AvgIpc) is 3.05. The molecule has 0 spiro atoms. The second-order valence-electron chi connectivity index (χ2n) is 8.80. The summed E-state index contributed by atoms with van der Waals surface area (Å²) in [4.78, 5) is 10.1. The van der Waals surface area contributed by atoms with Gasteiger partial charge in [0.1, 0.15) is 6.04 Å². The van der Waals surface area contributed by atoms with E-state index >= 15 is 0 Å². The predicted molar refractivity (Wildman–Crippen MR) is 120 cm³/mol. The van der Waals surface area contributed by atoms with Crippen molar-refractivity contribution in [3.05, 3.63) is 71.3 Å². The van der Waals surface area contributed by atoms with Gasteiger partial charge in [-0.3, -0.25) is 14.8 Å². The van der Waals surface area contributed by atoms with Crippen LogP contribution < -0.4 is 0 Å². The fourth-order valence-corrected chi connectivity index (χ4v) is 4.81. The second-order valence-corrected chi connectivity index (χ2v) is 8.80. The minimum absolute atomic E-state index is 0.0417. The molecule has 7 heteroatoms. The first-order valence-electron chi connectivity index (χ1n) is 11.5. The Labute approximate surface area is 184 Å². The predicted octanol–water partition coefficient (Wildman–Crippen LogP) is 3.07. The first kappa shape index (κ1) is 20.3. The molecule has 1 atom stereocenters. The third kappa shape index (κ3) is 4.52. The maximum absolute atomic E-state index is 4.90. The lowest BCUT2D eigenvalue weighted by atomic mass is 9.91. The fraction of sp³-hybridized carbons (Fsp3) is 0.500. The number of benzene rings is 1. The van der Waals surface area contributed by atoms with E-state index in [2.05, 4.69) is 61.7 Å². The molecule has 0 bridgehead atoms. The minimum atomic E-state index is -0.0417. The van der Waals surface area contributed by atoms with Crippen LogP contribution >= 0.6 is 0 Å². The smallest absolute Gasteiger partial charge is 0.174 e. The van der Waals surface area contributed by atoms with Crippen LogP contribution in [0.4, 0.5) is 0 Å². The summed E-state index contributed by atoms with van der Waals surface area (Å²) in [5, 5.41) is 12.9. The molecule has 0 amide bonds. The van der Waals surface area contributed by atoms with Crippen LogP contribution in [0.3, 0.4) is 0 Å². The van der Waals surface area contributed by atoms with Gasteiger partial charge in [0, 0.05) is 31.4 Å². The van der Waals surface area contributed by atoms with Crippen molar-refractivity contribution in [3.63, 3.8) is 0 Å². The molecule has 31 heavy (non-hydrogen) atoms. The Hall–Kier alpha value is -2.64. The van der Waals surface area contributed by atoms with E-state index in [-0.39, 0.29) is 6.04 Å². The second kappa shape index (κ2) is 9.24. The Bertz CT molecular complexity index is 982. The Kier molecular flexibility index (Phi) is 6.04. The zero-order valence-electron chi connectivity index (χ0n) is 18.3. The summed E-state index contributed by atoms with van der Waals surface area (Å²) in [7, 11) is 0. The maximum Gasteiger partial charge on any atom is 0.174 e. The third-order valence-corrected chi connectivity index (χ3v) is 6.69. The topological polar surface area (TPSA) is 63.0 Å². The van der Waals surface area contributed by atoms with Crippen LogP contribution in [0.2, 0.25) is 0 Å². The van der Waals surface area contributed by atoms with Crippen LogP contribution in [0.1, 0.15) is 54.5 Å². The number of pyridine rings is 1. The lowest BCUT2D eigenvalue weighted by Crippen LogP contribution is -2.42. The molecular formula is C24H31N7. The normalized spacial score (nSPS) is 19.6. The Balaban J connectivity index is 1.45. The summed E-state index contributed by atoms with van der Waals surface area (Å²) in [5.41, 5.74) is 3.25. The quantitative estimate of drug-likeness (QED) is 0.614. The highest BCUT2D eigenvalue weighted by Crippen LogP contribution is 2.30. The monoisotopic (exact) mass is 417 g/mol.